The largest absolute Gasteiger partial charge is 0.315 e. The van der Waals surface area contributed by atoms with Crippen LogP contribution in [0.1, 0.15) is 19.8 Å². The van der Waals surface area contributed by atoms with Crippen molar-refractivity contribution in [3.8, 4) is 0 Å². The van der Waals surface area contributed by atoms with E-state index in [-0.39, 0.29) is 0 Å². The van der Waals surface area contributed by atoms with Gasteiger partial charge in [0.1, 0.15) is 0 Å². The Morgan fingerprint density at radius 2 is 2.20 bits per heavy atom. The fourth-order valence-electron chi connectivity index (χ4n) is 0.955. The molecule has 0 unspecified atom stereocenters. The highest BCUT2D eigenvalue weighted by Crippen LogP contribution is 2.43. The molecule has 1 saturated carbocycles. The summed E-state index contributed by atoms with van der Waals surface area (Å²) >= 11 is 1.91. The Bertz CT molecular complexity index is 99.4. The molecule has 0 radical (unpaired) electrons. The zero-order valence-electron chi connectivity index (χ0n) is 6.94. The van der Waals surface area contributed by atoms with Gasteiger partial charge in [-0.25, -0.2) is 0 Å². The Morgan fingerprint density at radius 3 is 2.70 bits per heavy atom. The van der Waals surface area contributed by atoms with Crippen LogP contribution < -0.4 is 5.32 Å². The average Bonchev–Trinajstić information content (AvgIpc) is 2.62. The molecule has 2 heteroatoms. The summed E-state index contributed by atoms with van der Waals surface area (Å²) in [5, 5.41) is 3.47. The lowest BCUT2D eigenvalue weighted by molar-refractivity contribution is 0.512. The van der Waals surface area contributed by atoms with Crippen LogP contribution in [-0.4, -0.2) is 25.1 Å². The first-order chi connectivity index (χ1) is 4.77. The topological polar surface area (TPSA) is 12.0 Å². The summed E-state index contributed by atoms with van der Waals surface area (Å²) in [5.74, 6) is 1.25. The summed E-state index contributed by atoms with van der Waals surface area (Å²) < 4.78 is 0. The van der Waals surface area contributed by atoms with Gasteiger partial charge in [-0.3, -0.25) is 0 Å². The van der Waals surface area contributed by atoms with Crippen molar-refractivity contribution in [2.45, 2.75) is 19.8 Å². The minimum atomic E-state index is 0.679. The Labute approximate surface area is 68.0 Å². The van der Waals surface area contributed by atoms with Crippen LogP contribution in [-0.2, 0) is 0 Å². The van der Waals surface area contributed by atoms with E-state index in [1.807, 2.05) is 11.8 Å². The molecule has 0 amide bonds. The quantitative estimate of drug-likeness (QED) is 0.613. The van der Waals surface area contributed by atoms with E-state index in [1.165, 1.54) is 31.7 Å². The summed E-state index contributed by atoms with van der Waals surface area (Å²) in [6, 6.07) is 0. The van der Waals surface area contributed by atoms with Crippen LogP contribution in [0.3, 0.4) is 0 Å². The first-order valence-corrected chi connectivity index (χ1v) is 5.36. The van der Waals surface area contributed by atoms with E-state index in [2.05, 4.69) is 18.5 Å². The first-order valence-electron chi connectivity index (χ1n) is 3.96. The van der Waals surface area contributed by atoms with Crippen LogP contribution in [0, 0.1) is 5.41 Å². The van der Waals surface area contributed by atoms with E-state index < -0.39 is 0 Å². The van der Waals surface area contributed by atoms with Crippen molar-refractivity contribution in [2.24, 2.45) is 5.41 Å². The molecule has 1 N–H and O–H groups in total. The second-order valence-electron chi connectivity index (χ2n) is 3.48. The van der Waals surface area contributed by atoms with Crippen LogP contribution in [0.5, 0.6) is 0 Å². The third kappa shape index (κ3) is 2.93. The van der Waals surface area contributed by atoms with Crippen LogP contribution >= 0.6 is 11.8 Å². The molecule has 0 aromatic heterocycles. The molecule has 1 fully saturated rings. The summed E-state index contributed by atoms with van der Waals surface area (Å²) in [5.41, 5.74) is 0.679. The second kappa shape index (κ2) is 3.63. The van der Waals surface area contributed by atoms with Crippen molar-refractivity contribution >= 4 is 11.8 Å². The number of nitrogens with one attached hydrogen (secondary N) is 1. The minimum Gasteiger partial charge on any atom is -0.315 e. The van der Waals surface area contributed by atoms with Gasteiger partial charge in [0.15, 0.2) is 0 Å². The SMILES string of the molecule is CSCCNCC1(C)CC1. The van der Waals surface area contributed by atoms with Gasteiger partial charge in [0.2, 0.25) is 0 Å². The first kappa shape index (κ1) is 8.41. The molecule has 10 heavy (non-hydrogen) atoms. The predicted molar refractivity (Wildman–Crippen MR) is 48.6 cm³/mol. The number of rotatable bonds is 5. The lowest BCUT2D eigenvalue weighted by atomic mass is 10.1. The molecule has 1 aliphatic carbocycles. The summed E-state index contributed by atoms with van der Waals surface area (Å²) in [4.78, 5) is 0. The fourth-order valence-corrected chi connectivity index (χ4v) is 1.30. The van der Waals surface area contributed by atoms with E-state index in [0.29, 0.717) is 5.41 Å². The zero-order chi connectivity index (χ0) is 7.45. The van der Waals surface area contributed by atoms with Gasteiger partial charge in [0.05, 0.1) is 0 Å². The van der Waals surface area contributed by atoms with Gasteiger partial charge in [-0.05, 0) is 24.5 Å². The van der Waals surface area contributed by atoms with Gasteiger partial charge in [0, 0.05) is 18.8 Å². The maximum absolute atomic E-state index is 3.47. The molecule has 0 heterocycles. The molecule has 0 atom stereocenters. The van der Waals surface area contributed by atoms with Gasteiger partial charge < -0.3 is 5.32 Å². The highest BCUT2D eigenvalue weighted by molar-refractivity contribution is 7.98. The molecule has 1 rings (SSSR count). The lowest BCUT2D eigenvalue weighted by Crippen LogP contribution is -2.24. The van der Waals surface area contributed by atoms with Crippen molar-refractivity contribution < 1.29 is 0 Å². The highest BCUT2D eigenvalue weighted by atomic mass is 32.2. The lowest BCUT2D eigenvalue weighted by Gasteiger charge is -2.08. The number of thioether (sulfide) groups is 1. The maximum Gasteiger partial charge on any atom is 0.00553 e. The van der Waals surface area contributed by atoms with Crippen LogP contribution in [0.2, 0.25) is 0 Å². The summed E-state index contributed by atoms with van der Waals surface area (Å²) in [6.45, 7) is 4.77. The van der Waals surface area contributed by atoms with E-state index in [0.717, 1.165) is 0 Å². The van der Waals surface area contributed by atoms with Crippen LogP contribution in [0.15, 0.2) is 0 Å². The molecule has 0 saturated heterocycles. The van der Waals surface area contributed by atoms with Gasteiger partial charge in [-0.2, -0.15) is 11.8 Å². The fraction of sp³-hybridized carbons (Fsp3) is 1.00. The van der Waals surface area contributed by atoms with E-state index >= 15 is 0 Å². The average molecular weight is 159 g/mol. The Morgan fingerprint density at radius 1 is 1.50 bits per heavy atom. The van der Waals surface area contributed by atoms with E-state index in [9.17, 15) is 0 Å². The number of hydrogen-bond donors (Lipinski definition) is 1. The third-order valence-electron chi connectivity index (χ3n) is 2.14. The zero-order valence-corrected chi connectivity index (χ0v) is 7.76. The van der Waals surface area contributed by atoms with Crippen LogP contribution in [0.25, 0.3) is 0 Å². The molecule has 0 bridgehead atoms. The maximum atomic E-state index is 3.47. The minimum absolute atomic E-state index is 0.679. The normalized spacial score (nSPS) is 21.0. The smallest absolute Gasteiger partial charge is 0.00553 e. The Balaban J connectivity index is 1.86. The molecular weight excluding hydrogens is 142 g/mol. The van der Waals surface area contributed by atoms with Crippen molar-refractivity contribution in [1.29, 1.82) is 0 Å². The van der Waals surface area contributed by atoms with Gasteiger partial charge in [-0.15, -0.1) is 0 Å². The van der Waals surface area contributed by atoms with Crippen LogP contribution in [0.4, 0.5) is 0 Å². The van der Waals surface area contributed by atoms with Gasteiger partial charge >= 0.3 is 0 Å². The third-order valence-corrected chi connectivity index (χ3v) is 2.75. The Kier molecular flexibility index (Phi) is 3.05. The van der Waals surface area contributed by atoms with E-state index in [4.69, 9.17) is 0 Å². The predicted octanol–water partition coefficient (Wildman–Crippen LogP) is 1.74. The Hall–Kier alpha value is 0.310. The molecule has 0 aromatic rings. The monoisotopic (exact) mass is 159 g/mol. The van der Waals surface area contributed by atoms with E-state index in [1.54, 1.807) is 0 Å². The molecule has 0 aromatic carbocycles. The second-order valence-corrected chi connectivity index (χ2v) is 4.47. The molecule has 1 nitrogen and oxygen atoms in total. The molecule has 60 valence electrons. The molecular formula is C8H17NS. The summed E-state index contributed by atoms with van der Waals surface area (Å²) in [6.07, 6.45) is 5.01. The standard InChI is InChI=1S/C8H17NS/c1-8(3-4-8)7-9-5-6-10-2/h9H,3-7H2,1-2H3. The van der Waals surface area contributed by atoms with Crippen molar-refractivity contribution in [2.75, 3.05) is 25.1 Å². The molecule has 0 aliphatic heterocycles. The molecule has 1 aliphatic rings. The molecule has 0 spiro atoms. The summed E-state index contributed by atoms with van der Waals surface area (Å²) in [7, 11) is 0. The van der Waals surface area contributed by atoms with Crippen molar-refractivity contribution in [3.63, 3.8) is 0 Å². The highest BCUT2D eigenvalue weighted by Gasteiger charge is 2.36. The number of hydrogen-bond acceptors (Lipinski definition) is 2. The van der Waals surface area contributed by atoms with Gasteiger partial charge in [-0.1, -0.05) is 6.92 Å². The van der Waals surface area contributed by atoms with Crippen molar-refractivity contribution in [1.82, 2.24) is 5.32 Å². The van der Waals surface area contributed by atoms with Crippen molar-refractivity contribution in [3.05, 3.63) is 0 Å². The van der Waals surface area contributed by atoms with Gasteiger partial charge in [0.25, 0.3) is 0 Å².